The van der Waals surface area contributed by atoms with Crippen LogP contribution in [0, 0.1) is 17.0 Å². The number of nitrogens with zero attached hydrogens (tertiary/aromatic N) is 1. The molecule has 0 amide bonds. The Labute approximate surface area is 95.4 Å². The first-order valence-electron chi connectivity index (χ1n) is 3.96. The van der Waals surface area contributed by atoms with Gasteiger partial charge in [0.1, 0.15) is 6.29 Å². The molecular formula is C8H6ClNO5S. The molecule has 0 N–H and O–H groups in total. The molecule has 0 saturated carbocycles. The average Bonchev–Trinajstić information content (AvgIpc) is 2.15. The van der Waals surface area contributed by atoms with Crippen LogP contribution in [-0.4, -0.2) is 19.6 Å². The van der Waals surface area contributed by atoms with Gasteiger partial charge in [0, 0.05) is 27.9 Å². The van der Waals surface area contributed by atoms with E-state index < -0.39 is 24.6 Å². The van der Waals surface area contributed by atoms with Crippen LogP contribution >= 0.6 is 10.7 Å². The fourth-order valence-corrected chi connectivity index (χ4v) is 2.43. The number of halogens is 1. The Hall–Kier alpha value is -1.47. The highest BCUT2D eigenvalue weighted by Crippen LogP contribution is 2.28. The van der Waals surface area contributed by atoms with E-state index in [-0.39, 0.29) is 11.1 Å². The van der Waals surface area contributed by atoms with Crippen molar-refractivity contribution in [3.8, 4) is 0 Å². The van der Waals surface area contributed by atoms with Crippen LogP contribution in [0.5, 0.6) is 0 Å². The minimum atomic E-state index is -4.11. The third-order valence-electron chi connectivity index (χ3n) is 1.95. The molecule has 0 aliphatic carbocycles. The lowest BCUT2D eigenvalue weighted by atomic mass is 10.1. The van der Waals surface area contributed by atoms with E-state index in [1.54, 1.807) is 0 Å². The van der Waals surface area contributed by atoms with Gasteiger partial charge in [0.15, 0.2) is 0 Å². The van der Waals surface area contributed by atoms with Crippen LogP contribution in [0.2, 0.25) is 0 Å². The number of nitro benzene ring substituents is 1. The quantitative estimate of drug-likeness (QED) is 0.358. The van der Waals surface area contributed by atoms with Crippen molar-refractivity contribution < 1.29 is 18.1 Å². The van der Waals surface area contributed by atoms with Crippen molar-refractivity contribution in [1.29, 1.82) is 0 Å². The van der Waals surface area contributed by atoms with E-state index in [1.807, 2.05) is 0 Å². The van der Waals surface area contributed by atoms with Gasteiger partial charge in [-0.3, -0.25) is 14.9 Å². The third-order valence-corrected chi connectivity index (χ3v) is 3.40. The maximum atomic E-state index is 11.1. The highest BCUT2D eigenvalue weighted by Gasteiger charge is 2.22. The summed E-state index contributed by atoms with van der Waals surface area (Å²) in [4.78, 5) is 19.9. The molecule has 0 radical (unpaired) electrons. The summed E-state index contributed by atoms with van der Waals surface area (Å²) < 4.78 is 22.2. The van der Waals surface area contributed by atoms with Gasteiger partial charge < -0.3 is 0 Å². The van der Waals surface area contributed by atoms with E-state index in [0.717, 1.165) is 12.1 Å². The summed E-state index contributed by atoms with van der Waals surface area (Å²) in [7, 11) is 0.990. The van der Waals surface area contributed by atoms with Gasteiger partial charge in [0.05, 0.1) is 9.82 Å². The standard InChI is InChI=1S/C8H6ClNO5S/c1-5-7(10(12)13)2-6(4-11)3-8(5)16(9,14)15/h2-4H,1H3. The van der Waals surface area contributed by atoms with Crippen molar-refractivity contribution in [1.82, 2.24) is 0 Å². The maximum absolute atomic E-state index is 11.1. The summed E-state index contributed by atoms with van der Waals surface area (Å²) in [6.45, 7) is 1.25. The van der Waals surface area contributed by atoms with Crippen molar-refractivity contribution in [3.63, 3.8) is 0 Å². The molecule has 1 rings (SSSR count). The van der Waals surface area contributed by atoms with Crippen molar-refractivity contribution in [3.05, 3.63) is 33.4 Å². The zero-order chi connectivity index (χ0) is 12.5. The predicted octanol–water partition coefficient (Wildman–Crippen LogP) is 1.64. The lowest BCUT2D eigenvalue weighted by Gasteiger charge is -2.03. The number of carbonyl (C=O) groups is 1. The van der Waals surface area contributed by atoms with Crippen molar-refractivity contribution in [2.45, 2.75) is 11.8 Å². The molecule has 1 aromatic rings. The van der Waals surface area contributed by atoms with E-state index in [9.17, 15) is 23.3 Å². The van der Waals surface area contributed by atoms with E-state index in [1.165, 1.54) is 6.92 Å². The molecule has 0 aliphatic heterocycles. The molecule has 0 heterocycles. The number of benzene rings is 1. The van der Waals surface area contributed by atoms with Crippen molar-refractivity contribution >= 4 is 31.7 Å². The summed E-state index contributed by atoms with van der Waals surface area (Å²) in [6.07, 6.45) is 0.317. The first-order chi connectivity index (χ1) is 7.27. The molecule has 0 spiro atoms. The number of hydrogen-bond acceptors (Lipinski definition) is 5. The zero-order valence-corrected chi connectivity index (χ0v) is 9.58. The van der Waals surface area contributed by atoms with Gasteiger partial charge in [-0.05, 0) is 13.0 Å². The number of nitro groups is 1. The molecule has 0 atom stereocenters. The number of carbonyl (C=O) groups excluding carboxylic acids is 1. The summed E-state index contributed by atoms with van der Waals surface area (Å²) >= 11 is 0. The second-order valence-corrected chi connectivity index (χ2v) is 5.51. The molecule has 0 bridgehead atoms. The van der Waals surface area contributed by atoms with Gasteiger partial charge in [0.2, 0.25) is 0 Å². The molecule has 0 aliphatic rings. The Kier molecular flexibility index (Phi) is 3.30. The lowest BCUT2D eigenvalue weighted by Crippen LogP contribution is -2.01. The second kappa shape index (κ2) is 4.18. The topological polar surface area (TPSA) is 94.3 Å². The van der Waals surface area contributed by atoms with Gasteiger partial charge in [-0.25, -0.2) is 8.42 Å². The van der Waals surface area contributed by atoms with Crippen LogP contribution < -0.4 is 0 Å². The Morgan fingerprint density at radius 2 is 2.00 bits per heavy atom. The van der Waals surface area contributed by atoms with Gasteiger partial charge in [-0.1, -0.05) is 0 Å². The van der Waals surface area contributed by atoms with Crippen molar-refractivity contribution in [2.24, 2.45) is 0 Å². The largest absolute Gasteiger partial charge is 0.298 e. The van der Waals surface area contributed by atoms with Crippen LogP contribution in [0.4, 0.5) is 5.69 Å². The Morgan fingerprint density at radius 3 is 2.38 bits per heavy atom. The van der Waals surface area contributed by atoms with Crippen molar-refractivity contribution in [2.75, 3.05) is 0 Å². The molecule has 0 fully saturated rings. The van der Waals surface area contributed by atoms with Crippen LogP contribution in [0.15, 0.2) is 17.0 Å². The first-order valence-corrected chi connectivity index (χ1v) is 6.27. The van der Waals surface area contributed by atoms with Crippen LogP contribution in [0.3, 0.4) is 0 Å². The van der Waals surface area contributed by atoms with Gasteiger partial charge >= 0.3 is 0 Å². The monoisotopic (exact) mass is 263 g/mol. The number of aldehydes is 1. The smallest absolute Gasteiger partial charge is 0.274 e. The molecule has 8 heteroatoms. The molecule has 1 aromatic carbocycles. The molecule has 86 valence electrons. The molecule has 16 heavy (non-hydrogen) atoms. The Bertz CT molecular complexity index is 566. The average molecular weight is 264 g/mol. The maximum Gasteiger partial charge on any atom is 0.274 e. The summed E-state index contributed by atoms with van der Waals surface area (Å²) in [5, 5.41) is 10.6. The first kappa shape index (κ1) is 12.6. The SMILES string of the molecule is Cc1c([N+](=O)[O-])cc(C=O)cc1S(=O)(=O)Cl. The van der Waals surface area contributed by atoms with Gasteiger partial charge in [-0.2, -0.15) is 0 Å². The number of hydrogen-bond donors (Lipinski definition) is 0. The normalized spacial score (nSPS) is 11.1. The minimum absolute atomic E-state index is 0.0920. The fraction of sp³-hybridized carbons (Fsp3) is 0.125. The molecule has 0 unspecified atom stereocenters. The summed E-state index contributed by atoms with van der Waals surface area (Å²) in [5.41, 5.74) is -0.661. The number of rotatable bonds is 3. The van der Waals surface area contributed by atoms with E-state index in [4.69, 9.17) is 10.7 Å². The molecular weight excluding hydrogens is 258 g/mol. The van der Waals surface area contributed by atoms with Crippen LogP contribution in [0.25, 0.3) is 0 Å². The van der Waals surface area contributed by atoms with E-state index >= 15 is 0 Å². The van der Waals surface area contributed by atoms with E-state index in [2.05, 4.69) is 0 Å². The fourth-order valence-electron chi connectivity index (χ4n) is 1.20. The Balaban J connectivity index is 3.69. The molecule has 6 nitrogen and oxygen atoms in total. The van der Waals surface area contributed by atoms with Gasteiger partial charge in [-0.15, -0.1) is 0 Å². The third kappa shape index (κ3) is 2.37. The molecule has 0 saturated heterocycles. The van der Waals surface area contributed by atoms with Crippen LogP contribution in [-0.2, 0) is 9.05 Å². The summed E-state index contributed by atoms with van der Waals surface area (Å²) in [6, 6.07) is 1.99. The lowest BCUT2D eigenvalue weighted by molar-refractivity contribution is -0.385. The van der Waals surface area contributed by atoms with E-state index in [0.29, 0.717) is 6.29 Å². The predicted molar refractivity (Wildman–Crippen MR) is 56.3 cm³/mol. The Morgan fingerprint density at radius 1 is 1.44 bits per heavy atom. The second-order valence-electron chi connectivity index (χ2n) is 2.98. The highest BCUT2D eigenvalue weighted by atomic mass is 35.7. The highest BCUT2D eigenvalue weighted by molar-refractivity contribution is 8.13. The molecule has 0 aromatic heterocycles. The van der Waals surface area contributed by atoms with Gasteiger partial charge in [0.25, 0.3) is 14.7 Å². The van der Waals surface area contributed by atoms with Crippen LogP contribution in [0.1, 0.15) is 15.9 Å². The summed E-state index contributed by atoms with van der Waals surface area (Å²) in [5.74, 6) is 0. The minimum Gasteiger partial charge on any atom is -0.298 e. The zero-order valence-electron chi connectivity index (χ0n) is 8.01.